The van der Waals surface area contributed by atoms with Crippen LogP contribution >= 0.6 is 0 Å². The molecule has 160 valence electrons. The van der Waals surface area contributed by atoms with Crippen LogP contribution in [0.5, 0.6) is 23.0 Å². The first-order valence-electron chi connectivity index (χ1n) is 10.2. The van der Waals surface area contributed by atoms with Crippen LogP contribution in [0.25, 0.3) is 6.08 Å². The lowest BCUT2D eigenvalue weighted by Gasteiger charge is -2.26. The van der Waals surface area contributed by atoms with Crippen molar-refractivity contribution in [3.05, 3.63) is 88.7 Å². The summed E-state index contributed by atoms with van der Waals surface area (Å²) in [6.07, 6.45) is 1.84. The Morgan fingerprint density at radius 2 is 1.69 bits per heavy atom. The van der Waals surface area contributed by atoms with Crippen LogP contribution in [-0.4, -0.2) is 26.0 Å². The number of benzene rings is 3. The number of fused-ring (bicyclic) bond motifs is 3. The first-order valence-corrected chi connectivity index (χ1v) is 10.2. The van der Waals surface area contributed by atoms with Crippen molar-refractivity contribution in [3.63, 3.8) is 0 Å². The second-order valence-electron chi connectivity index (χ2n) is 7.55. The van der Waals surface area contributed by atoms with Gasteiger partial charge in [-0.05, 0) is 41.5 Å². The molecule has 0 radical (unpaired) electrons. The molecule has 0 spiro atoms. The Morgan fingerprint density at radius 3 is 2.44 bits per heavy atom. The molecular weight excluding hydrogens is 408 g/mol. The van der Waals surface area contributed by atoms with Gasteiger partial charge in [0, 0.05) is 11.5 Å². The van der Waals surface area contributed by atoms with E-state index in [4.69, 9.17) is 18.9 Å². The number of hydrogen-bond acceptors (Lipinski definition) is 6. The highest BCUT2D eigenvalue weighted by molar-refractivity contribution is 6.15. The summed E-state index contributed by atoms with van der Waals surface area (Å²) in [5.41, 5.74) is 2.83. The van der Waals surface area contributed by atoms with Crippen molar-refractivity contribution in [2.45, 2.75) is 12.3 Å². The molecule has 0 amide bonds. The topological polar surface area (TPSA) is 71.1 Å². The zero-order valence-corrected chi connectivity index (χ0v) is 17.6. The van der Waals surface area contributed by atoms with E-state index in [2.05, 4.69) is 0 Å². The molecule has 6 nitrogen and oxygen atoms in total. The summed E-state index contributed by atoms with van der Waals surface area (Å²) in [5.74, 6) is 1.31. The van der Waals surface area contributed by atoms with Crippen LogP contribution in [0.2, 0.25) is 0 Å². The standard InChI is InChI=1S/C26H20O6/c1-29-19-10-8-16(13-21(19)30-2)18-14-23(27)31-20-11-9-17-25(28)22(32-26(17)24(18)20)12-15-6-4-3-5-7-15/h3-13,18H,14H2,1-2H3/b22-12-. The van der Waals surface area contributed by atoms with Crippen LogP contribution in [0, 0.1) is 0 Å². The average Bonchev–Trinajstić information content (AvgIpc) is 3.13. The number of ketones is 1. The minimum absolute atomic E-state index is 0.119. The number of carbonyl (C=O) groups is 2. The van der Waals surface area contributed by atoms with Gasteiger partial charge in [0.25, 0.3) is 0 Å². The molecule has 3 aromatic carbocycles. The minimum Gasteiger partial charge on any atom is -0.493 e. The van der Waals surface area contributed by atoms with E-state index < -0.39 is 0 Å². The van der Waals surface area contributed by atoms with Gasteiger partial charge < -0.3 is 18.9 Å². The Morgan fingerprint density at radius 1 is 0.906 bits per heavy atom. The molecule has 1 unspecified atom stereocenters. The largest absolute Gasteiger partial charge is 0.493 e. The Balaban J connectivity index is 1.62. The number of methoxy groups -OCH3 is 2. The summed E-state index contributed by atoms with van der Waals surface area (Å²) in [6, 6.07) is 18.3. The lowest BCUT2D eigenvalue weighted by molar-refractivity contribution is -0.135. The number of ether oxygens (including phenoxy) is 4. The number of rotatable bonds is 4. The Labute approximate surface area is 185 Å². The Kier molecular flexibility index (Phi) is 4.90. The second kappa shape index (κ2) is 7.89. The molecule has 3 aromatic rings. The van der Waals surface area contributed by atoms with E-state index in [1.165, 1.54) is 0 Å². The molecule has 0 saturated heterocycles. The summed E-state index contributed by atoms with van der Waals surface area (Å²) in [4.78, 5) is 25.4. The van der Waals surface area contributed by atoms with E-state index in [9.17, 15) is 9.59 Å². The number of hydrogen-bond donors (Lipinski definition) is 0. The third-order valence-electron chi connectivity index (χ3n) is 5.69. The minimum atomic E-state index is -0.357. The molecule has 5 rings (SSSR count). The molecule has 6 heteroatoms. The number of esters is 1. The lowest BCUT2D eigenvalue weighted by Crippen LogP contribution is -2.21. The fraction of sp³-hybridized carbons (Fsp3) is 0.154. The molecule has 2 heterocycles. The Hall–Kier alpha value is -4.06. The maximum absolute atomic E-state index is 13.0. The molecule has 0 aromatic heterocycles. The van der Waals surface area contributed by atoms with Crippen molar-refractivity contribution in [2.24, 2.45) is 0 Å². The molecule has 32 heavy (non-hydrogen) atoms. The SMILES string of the molecule is COc1ccc(C2CC(=O)Oc3ccc4c(c32)O/C(=C\c2ccccc2)C4=O)cc1OC. The highest BCUT2D eigenvalue weighted by Gasteiger charge is 2.38. The van der Waals surface area contributed by atoms with E-state index in [1.807, 2.05) is 42.5 Å². The fourth-order valence-corrected chi connectivity index (χ4v) is 4.16. The third-order valence-corrected chi connectivity index (χ3v) is 5.69. The lowest BCUT2D eigenvalue weighted by atomic mass is 9.84. The predicted octanol–water partition coefficient (Wildman–Crippen LogP) is 4.76. The van der Waals surface area contributed by atoms with Gasteiger partial charge in [0.1, 0.15) is 11.5 Å². The van der Waals surface area contributed by atoms with E-state index in [1.54, 1.807) is 38.5 Å². The van der Waals surface area contributed by atoms with Crippen molar-refractivity contribution in [1.29, 1.82) is 0 Å². The van der Waals surface area contributed by atoms with Crippen LogP contribution in [0.3, 0.4) is 0 Å². The summed E-state index contributed by atoms with van der Waals surface area (Å²) in [7, 11) is 3.13. The number of allylic oxidation sites excluding steroid dienone is 1. The van der Waals surface area contributed by atoms with E-state index in [-0.39, 0.29) is 29.9 Å². The van der Waals surface area contributed by atoms with Gasteiger partial charge in [-0.2, -0.15) is 0 Å². The quantitative estimate of drug-likeness (QED) is 0.339. The summed E-state index contributed by atoms with van der Waals surface area (Å²) < 4.78 is 22.3. The van der Waals surface area contributed by atoms with Crippen molar-refractivity contribution in [1.82, 2.24) is 0 Å². The molecule has 2 aliphatic rings. The van der Waals surface area contributed by atoms with E-state index in [0.29, 0.717) is 34.1 Å². The smallest absolute Gasteiger partial charge is 0.312 e. The maximum Gasteiger partial charge on any atom is 0.312 e. The van der Waals surface area contributed by atoms with Crippen LogP contribution in [0.4, 0.5) is 0 Å². The molecule has 0 N–H and O–H groups in total. The normalized spacial score (nSPS) is 17.9. The van der Waals surface area contributed by atoms with Gasteiger partial charge in [-0.1, -0.05) is 36.4 Å². The van der Waals surface area contributed by atoms with Gasteiger partial charge in [0.05, 0.1) is 26.2 Å². The summed E-state index contributed by atoms with van der Waals surface area (Å²) >= 11 is 0. The van der Waals surface area contributed by atoms with Gasteiger partial charge in [-0.15, -0.1) is 0 Å². The molecule has 2 aliphatic heterocycles. The van der Waals surface area contributed by atoms with Crippen molar-refractivity contribution >= 4 is 17.8 Å². The van der Waals surface area contributed by atoms with E-state index >= 15 is 0 Å². The predicted molar refractivity (Wildman–Crippen MR) is 117 cm³/mol. The second-order valence-corrected chi connectivity index (χ2v) is 7.55. The van der Waals surface area contributed by atoms with Gasteiger partial charge in [-0.3, -0.25) is 9.59 Å². The molecule has 0 aliphatic carbocycles. The van der Waals surface area contributed by atoms with Crippen molar-refractivity contribution in [3.8, 4) is 23.0 Å². The zero-order valence-electron chi connectivity index (χ0n) is 17.6. The summed E-state index contributed by atoms with van der Waals surface area (Å²) in [5, 5.41) is 0. The maximum atomic E-state index is 13.0. The van der Waals surface area contributed by atoms with Crippen LogP contribution in [0.1, 0.15) is 39.4 Å². The van der Waals surface area contributed by atoms with Crippen molar-refractivity contribution < 1.29 is 28.5 Å². The van der Waals surface area contributed by atoms with Gasteiger partial charge >= 0.3 is 5.97 Å². The molecule has 0 saturated carbocycles. The summed E-state index contributed by atoms with van der Waals surface area (Å²) in [6.45, 7) is 0. The third kappa shape index (κ3) is 3.30. The first kappa shape index (κ1) is 19.9. The monoisotopic (exact) mass is 428 g/mol. The molecular formula is C26H20O6. The average molecular weight is 428 g/mol. The highest BCUT2D eigenvalue weighted by atomic mass is 16.5. The van der Waals surface area contributed by atoms with Gasteiger partial charge in [-0.25, -0.2) is 0 Å². The number of carbonyl (C=O) groups excluding carboxylic acids is 2. The van der Waals surface area contributed by atoms with Crippen LogP contribution in [0.15, 0.2) is 66.4 Å². The number of Topliss-reactive ketones (excluding diaryl/α,β-unsaturated/α-hetero) is 1. The van der Waals surface area contributed by atoms with Gasteiger partial charge in [0.15, 0.2) is 17.3 Å². The Bertz CT molecular complexity index is 1260. The van der Waals surface area contributed by atoms with Crippen molar-refractivity contribution in [2.75, 3.05) is 14.2 Å². The molecule has 0 bridgehead atoms. The zero-order chi connectivity index (χ0) is 22.2. The first-order chi connectivity index (χ1) is 15.6. The fourth-order valence-electron chi connectivity index (χ4n) is 4.16. The highest BCUT2D eigenvalue weighted by Crippen LogP contribution is 2.49. The molecule has 0 fully saturated rings. The van der Waals surface area contributed by atoms with Crippen LogP contribution < -0.4 is 18.9 Å². The van der Waals surface area contributed by atoms with Gasteiger partial charge in [0.2, 0.25) is 5.78 Å². The van der Waals surface area contributed by atoms with E-state index in [0.717, 1.165) is 11.1 Å². The van der Waals surface area contributed by atoms with Crippen LogP contribution in [-0.2, 0) is 4.79 Å². The molecule has 1 atom stereocenters.